The average molecular weight is 246 g/mol. The van der Waals surface area contributed by atoms with Crippen molar-refractivity contribution < 1.29 is 9.90 Å². The van der Waals surface area contributed by atoms with Crippen LogP contribution in [-0.2, 0) is 0 Å². The number of hydrogen-bond acceptors (Lipinski definition) is 3. The highest BCUT2D eigenvalue weighted by atomic mass is 16.3. The first-order chi connectivity index (χ1) is 8.58. The molecule has 0 aliphatic carbocycles. The van der Waals surface area contributed by atoms with Crippen molar-refractivity contribution in [2.45, 2.75) is 13.0 Å². The Morgan fingerprint density at radius 3 is 2.89 bits per heavy atom. The molecular weight excluding hydrogens is 232 g/mol. The second-order valence-corrected chi connectivity index (χ2v) is 4.16. The summed E-state index contributed by atoms with van der Waals surface area (Å²) >= 11 is 0. The lowest BCUT2D eigenvalue weighted by Crippen LogP contribution is -2.32. The molecule has 1 aromatic heterocycles. The lowest BCUT2D eigenvalue weighted by molar-refractivity contribution is 0.0919. The topological polar surface area (TPSA) is 82.2 Å². The molecule has 0 saturated heterocycles. The van der Waals surface area contributed by atoms with E-state index < -0.39 is 12.0 Å². The minimum Gasteiger partial charge on any atom is -0.392 e. The number of aliphatic hydroxyl groups excluding tert-OH is 1. The van der Waals surface area contributed by atoms with Gasteiger partial charge in [-0.3, -0.25) is 9.59 Å². The first kappa shape index (κ1) is 12.3. The van der Waals surface area contributed by atoms with Crippen LogP contribution < -0.4 is 10.9 Å². The van der Waals surface area contributed by atoms with Crippen LogP contribution in [0.2, 0.25) is 0 Å². The smallest absolute Gasteiger partial charge is 0.267 e. The van der Waals surface area contributed by atoms with Crippen LogP contribution >= 0.6 is 0 Å². The van der Waals surface area contributed by atoms with Crippen LogP contribution in [0.25, 0.3) is 10.8 Å². The summed E-state index contributed by atoms with van der Waals surface area (Å²) in [6, 6.07) is 8.67. The standard InChI is InChI=1S/C13H14N2O3/c1-8(16)7-14-13(18)11-6-9-4-2-3-5-10(9)12(17)15-11/h2-6,8,16H,7H2,1H3,(H,14,18)(H,15,17)/t8-/m0/s1. The van der Waals surface area contributed by atoms with Crippen LogP contribution in [0.5, 0.6) is 0 Å². The zero-order valence-electron chi connectivity index (χ0n) is 9.93. The third-order valence-corrected chi connectivity index (χ3v) is 2.56. The molecule has 94 valence electrons. The highest BCUT2D eigenvalue weighted by molar-refractivity contribution is 5.96. The van der Waals surface area contributed by atoms with Gasteiger partial charge in [0, 0.05) is 11.9 Å². The molecule has 18 heavy (non-hydrogen) atoms. The fraction of sp³-hybridized carbons (Fsp3) is 0.231. The van der Waals surface area contributed by atoms with Gasteiger partial charge in [0.25, 0.3) is 11.5 Å². The highest BCUT2D eigenvalue weighted by Gasteiger charge is 2.09. The number of H-pyrrole nitrogens is 1. The molecule has 2 rings (SSSR count). The highest BCUT2D eigenvalue weighted by Crippen LogP contribution is 2.09. The molecule has 1 amide bonds. The number of carbonyl (C=O) groups excluding carboxylic acids is 1. The van der Waals surface area contributed by atoms with Gasteiger partial charge in [0.15, 0.2) is 0 Å². The third-order valence-electron chi connectivity index (χ3n) is 2.56. The first-order valence-electron chi connectivity index (χ1n) is 5.66. The summed E-state index contributed by atoms with van der Waals surface area (Å²) in [5.41, 5.74) is -0.102. The Bertz CT molecular complexity index is 631. The van der Waals surface area contributed by atoms with Crippen LogP contribution in [0.15, 0.2) is 35.1 Å². The van der Waals surface area contributed by atoms with Gasteiger partial charge in [0.1, 0.15) is 5.69 Å². The van der Waals surface area contributed by atoms with E-state index in [4.69, 9.17) is 5.11 Å². The minimum absolute atomic E-state index is 0.147. The number of amides is 1. The van der Waals surface area contributed by atoms with Crippen molar-refractivity contribution in [2.75, 3.05) is 6.54 Å². The molecule has 0 saturated carbocycles. The Balaban J connectivity index is 2.35. The summed E-state index contributed by atoms with van der Waals surface area (Å²) in [5.74, 6) is -0.404. The van der Waals surface area contributed by atoms with Gasteiger partial charge in [-0.15, -0.1) is 0 Å². The monoisotopic (exact) mass is 246 g/mol. The zero-order valence-corrected chi connectivity index (χ0v) is 9.93. The predicted octanol–water partition coefficient (Wildman–Crippen LogP) is 0.639. The number of pyridine rings is 1. The van der Waals surface area contributed by atoms with Crippen LogP contribution in [0.1, 0.15) is 17.4 Å². The minimum atomic E-state index is -0.624. The van der Waals surface area contributed by atoms with Gasteiger partial charge in [0.05, 0.1) is 6.10 Å². The molecule has 0 unspecified atom stereocenters. The van der Waals surface area contributed by atoms with E-state index in [1.807, 2.05) is 0 Å². The molecule has 2 aromatic rings. The SMILES string of the molecule is C[C@H](O)CNC(=O)c1cc2ccccc2c(=O)[nH]1. The van der Waals surface area contributed by atoms with Crippen molar-refractivity contribution in [1.82, 2.24) is 10.3 Å². The summed E-state index contributed by atoms with van der Waals surface area (Å²) < 4.78 is 0. The maximum Gasteiger partial charge on any atom is 0.267 e. The Labute approximate surface area is 103 Å². The molecule has 0 radical (unpaired) electrons. The van der Waals surface area contributed by atoms with Gasteiger partial charge in [0.2, 0.25) is 0 Å². The molecular formula is C13H14N2O3. The molecule has 1 atom stereocenters. The number of nitrogens with one attached hydrogen (secondary N) is 2. The lowest BCUT2D eigenvalue weighted by Gasteiger charge is -2.07. The number of aromatic amines is 1. The van der Waals surface area contributed by atoms with Crippen molar-refractivity contribution >= 4 is 16.7 Å². The van der Waals surface area contributed by atoms with E-state index in [0.29, 0.717) is 10.8 Å². The molecule has 1 heterocycles. The fourth-order valence-electron chi connectivity index (χ4n) is 1.67. The van der Waals surface area contributed by atoms with Crippen LogP contribution in [0, 0.1) is 0 Å². The summed E-state index contributed by atoms with van der Waals surface area (Å²) in [5, 5.41) is 12.9. The number of aliphatic hydroxyl groups is 1. The second-order valence-electron chi connectivity index (χ2n) is 4.16. The molecule has 5 heteroatoms. The largest absolute Gasteiger partial charge is 0.392 e. The normalized spacial score (nSPS) is 12.3. The molecule has 3 N–H and O–H groups in total. The summed E-state index contributed by atoms with van der Waals surface area (Å²) in [6.07, 6.45) is -0.624. The van der Waals surface area contributed by atoms with E-state index in [9.17, 15) is 9.59 Å². The Hall–Kier alpha value is -2.14. The summed E-state index contributed by atoms with van der Waals surface area (Å²) in [6.45, 7) is 1.72. The molecule has 1 aromatic carbocycles. The number of hydrogen-bond donors (Lipinski definition) is 3. The van der Waals surface area contributed by atoms with E-state index in [-0.39, 0.29) is 17.8 Å². The van der Waals surface area contributed by atoms with Crippen LogP contribution in [-0.4, -0.2) is 28.6 Å². The van der Waals surface area contributed by atoms with Crippen molar-refractivity contribution in [1.29, 1.82) is 0 Å². The van der Waals surface area contributed by atoms with E-state index in [0.717, 1.165) is 0 Å². The van der Waals surface area contributed by atoms with Gasteiger partial charge in [-0.2, -0.15) is 0 Å². The van der Waals surface area contributed by atoms with Crippen molar-refractivity contribution in [3.05, 3.63) is 46.4 Å². The van der Waals surface area contributed by atoms with Crippen molar-refractivity contribution in [3.8, 4) is 0 Å². The second kappa shape index (κ2) is 5.01. The number of fused-ring (bicyclic) bond motifs is 1. The van der Waals surface area contributed by atoms with Gasteiger partial charge in [-0.1, -0.05) is 18.2 Å². The number of aromatic nitrogens is 1. The van der Waals surface area contributed by atoms with Crippen LogP contribution in [0.3, 0.4) is 0 Å². The molecule has 0 fully saturated rings. The molecule has 0 spiro atoms. The summed E-state index contributed by atoms with van der Waals surface area (Å²) in [7, 11) is 0. The van der Waals surface area contributed by atoms with Gasteiger partial charge >= 0.3 is 0 Å². The first-order valence-corrected chi connectivity index (χ1v) is 5.66. The van der Waals surface area contributed by atoms with E-state index in [1.165, 1.54) is 0 Å². The fourth-order valence-corrected chi connectivity index (χ4v) is 1.67. The number of carbonyl (C=O) groups is 1. The van der Waals surface area contributed by atoms with Gasteiger partial charge in [-0.05, 0) is 24.4 Å². The Morgan fingerprint density at radius 1 is 1.44 bits per heavy atom. The molecule has 0 bridgehead atoms. The maximum absolute atomic E-state index is 11.8. The van der Waals surface area contributed by atoms with E-state index >= 15 is 0 Å². The third kappa shape index (κ3) is 2.57. The predicted molar refractivity (Wildman–Crippen MR) is 68.6 cm³/mol. The molecule has 5 nitrogen and oxygen atoms in total. The van der Waals surface area contributed by atoms with Crippen molar-refractivity contribution in [3.63, 3.8) is 0 Å². The van der Waals surface area contributed by atoms with Gasteiger partial charge < -0.3 is 15.4 Å². The van der Waals surface area contributed by atoms with E-state index in [2.05, 4.69) is 10.3 Å². The molecule has 0 aliphatic rings. The Morgan fingerprint density at radius 2 is 2.17 bits per heavy atom. The quantitative estimate of drug-likeness (QED) is 0.743. The number of benzene rings is 1. The lowest BCUT2D eigenvalue weighted by atomic mass is 10.1. The maximum atomic E-state index is 11.8. The average Bonchev–Trinajstić information content (AvgIpc) is 2.36. The number of rotatable bonds is 3. The Kier molecular flexibility index (Phi) is 3.43. The summed E-state index contributed by atoms with van der Waals surface area (Å²) in [4.78, 5) is 26.0. The van der Waals surface area contributed by atoms with Crippen molar-refractivity contribution in [2.24, 2.45) is 0 Å². The zero-order chi connectivity index (χ0) is 13.1. The van der Waals surface area contributed by atoms with Gasteiger partial charge in [-0.25, -0.2) is 0 Å². The van der Waals surface area contributed by atoms with E-state index in [1.54, 1.807) is 37.3 Å². The molecule has 0 aliphatic heterocycles. The van der Waals surface area contributed by atoms with Crippen LogP contribution in [0.4, 0.5) is 0 Å².